The first-order chi connectivity index (χ1) is 10.2. The monoisotopic (exact) mass is 320 g/mol. The van der Waals surface area contributed by atoms with Gasteiger partial charge in [-0.3, -0.25) is 0 Å². The van der Waals surface area contributed by atoms with Crippen molar-refractivity contribution in [3.05, 3.63) is 35.1 Å². The third-order valence-electron chi connectivity index (χ3n) is 3.27. The Morgan fingerprint density at radius 2 is 1.73 bits per heavy atom. The summed E-state index contributed by atoms with van der Waals surface area (Å²) in [6.45, 7) is 8.82. The zero-order valence-electron chi connectivity index (χ0n) is 14.0. The van der Waals surface area contributed by atoms with E-state index in [0.29, 0.717) is 12.5 Å². The maximum Gasteiger partial charge on any atom is 0.416 e. The summed E-state index contributed by atoms with van der Waals surface area (Å²) in [5.74, 6) is 0.0220. The lowest BCUT2D eigenvalue weighted by Crippen LogP contribution is -2.19. The number of ether oxygens (including phenoxy) is 1. The first kappa shape index (κ1) is 20.8. The third-order valence-corrected chi connectivity index (χ3v) is 3.27. The number of halogens is 3. The fourth-order valence-electron chi connectivity index (χ4n) is 1.90. The van der Waals surface area contributed by atoms with Crippen molar-refractivity contribution in [2.75, 3.05) is 13.2 Å². The molecule has 0 aliphatic carbocycles. The van der Waals surface area contributed by atoms with E-state index in [2.05, 4.69) is 0 Å². The highest BCUT2D eigenvalue weighted by Gasteiger charge is 2.37. The molecule has 5 heteroatoms. The van der Waals surface area contributed by atoms with E-state index in [-0.39, 0.29) is 17.9 Å². The quantitative estimate of drug-likeness (QED) is 0.503. The molecule has 0 aliphatic heterocycles. The molecule has 0 saturated heterocycles. The van der Waals surface area contributed by atoms with Gasteiger partial charge in [0.25, 0.3) is 0 Å². The molecule has 0 aromatic carbocycles. The van der Waals surface area contributed by atoms with Crippen LogP contribution < -0.4 is 0 Å². The highest BCUT2D eigenvalue weighted by molar-refractivity contribution is 5.40. The molecule has 0 aliphatic rings. The SMILES string of the molecule is C\C=C(/C(=C\C(=C/C)OCCC(C)C)C(F)(F)F)C(C)CO. The fraction of sp³-hybridized carbons (Fsp3) is 0.647. The first-order valence-electron chi connectivity index (χ1n) is 7.52. The van der Waals surface area contributed by atoms with Gasteiger partial charge >= 0.3 is 6.18 Å². The van der Waals surface area contributed by atoms with E-state index in [1.54, 1.807) is 13.8 Å². The van der Waals surface area contributed by atoms with Crippen molar-refractivity contribution < 1.29 is 23.0 Å². The fourth-order valence-corrected chi connectivity index (χ4v) is 1.90. The van der Waals surface area contributed by atoms with Gasteiger partial charge in [-0.2, -0.15) is 13.2 Å². The second kappa shape index (κ2) is 9.72. The standard InChI is InChI=1S/C17H27F3O2/c1-6-14(22-9-8-12(3)4)10-16(17(18,19)20)15(7-2)13(5)11-21/h6-7,10,12-13,21H,8-9,11H2,1-5H3/b14-6+,15-7-,16-10+. The van der Waals surface area contributed by atoms with Crippen LogP contribution in [0.1, 0.15) is 41.0 Å². The van der Waals surface area contributed by atoms with Gasteiger partial charge in [-0.05, 0) is 43.9 Å². The second-order valence-electron chi connectivity index (χ2n) is 5.61. The molecule has 0 spiro atoms. The molecule has 0 radical (unpaired) electrons. The number of hydrogen-bond acceptors (Lipinski definition) is 2. The van der Waals surface area contributed by atoms with Crippen LogP contribution in [0, 0.1) is 11.8 Å². The molecule has 1 atom stereocenters. The minimum Gasteiger partial charge on any atom is -0.494 e. The van der Waals surface area contributed by atoms with Crippen LogP contribution in [-0.2, 0) is 4.74 Å². The molecule has 22 heavy (non-hydrogen) atoms. The van der Waals surface area contributed by atoms with Crippen molar-refractivity contribution in [3.63, 3.8) is 0 Å². The molecule has 0 bridgehead atoms. The molecule has 0 rings (SSSR count). The molecule has 128 valence electrons. The van der Waals surface area contributed by atoms with Crippen molar-refractivity contribution in [2.45, 2.75) is 47.2 Å². The number of rotatable bonds is 8. The molecule has 0 heterocycles. The average molecular weight is 320 g/mol. The molecule has 0 saturated carbocycles. The molecule has 1 N–H and O–H groups in total. The Bertz CT molecular complexity index is 418. The van der Waals surface area contributed by atoms with Crippen LogP contribution in [0.4, 0.5) is 13.2 Å². The topological polar surface area (TPSA) is 29.5 Å². The summed E-state index contributed by atoms with van der Waals surface area (Å²) in [4.78, 5) is 0. The van der Waals surface area contributed by atoms with Crippen molar-refractivity contribution >= 4 is 0 Å². The summed E-state index contributed by atoms with van der Waals surface area (Å²) in [5, 5.41) is 9.16. The van der Waals surface area contributed by atoms with Gasteiger partial charge in [0.15, 0.2) is 0 Å². The van der Waals surface area contributed by atoms with Crippen LogP contribution in [0.2, 0.25) is 0 Å². The average Bonchev–Trinajstić information content (AvgIpc) is 2.43. The Morgan fingerprint density at radius 3 is 2.09 bits per heavy atom. The van der Waals surface area contributed by atoms with Gasteiger partial charge in [0, 0.05) is 12.5 Å². The normalized spacial score (nSPS) is 16.2. The van der Waals surface area contributed by atoms with E-state index in [1.807, 2.05) is 13.8 Å². The lowest BCUT2D eigenvalue weighted by atomic mass is 9.93. The highest BCUT2D eigenvalue weighted by Crippen LogP contribution is 2.35. The van der Waals surface area contributed by atoms with Gasteiger partial charge < -0.3 is 9.84 Å². The summed E-state index contributed by atoms with van der Waals surface area (Å²) in [7, 11) is 0. The van der Waals surface area contributed by atoms with E-state index in [1.165, 1.54) is 19.1 Å². The molecule has 2 nitrogen and oxygen atoms in total. The third kappa shape index (κ3) is 7.16. The smallest absolute Gasteiger partial charge is 0.416 e. The lowest BCUT2D eigenvalue weighted by molar-refractivity contribution is -0.0905. The van der Waals surface area contributed by atoms with E-state index in [9.17, 15) is 13.2 Å². The number of aliphatic hydroxyl groups excluding tert-OH is 1. The maximum atomic E-state index is 13.3. The van der Waals surface area contributed by atoms with Gasteiger partial charge in [0.1, 0.15) is 5.76 Å². The van der Waals surface area contributed by atoms with Crippen LogP contribution in [0.15, 0.2) is 35.1 Å². The van der Waals surface area contributed by atoms with E-state index >= 15 is 0 Å². The molecule has 0 amide bonds. The minimum atomic E-state index is -4.50. The van der Waals surface area contributed by atoms with Crippen molar-refractivity contribution in [2.24, 2.45) is 11.8 Å². The van der Waals surface area contributed by atoms with Crippen molar-refractivity contribution in [1.29, 1.82) is 0 Å². The molecule has 0 aromatic heterocycles. The second-order valence-corrected chi connectivity index (χ2v) is 5.61. The summed E-state index contributed by atoms with van der Waals surface area (Å²) in [6, 6.07) is 0. The predicted octanol–water partition coefficient (Wildman–Crippen LogP) is 5.02. The predicted molar refractivity (Wildman–Crippen MR) is 83.3 cm³/mol. The van der Waals surface area contributed by atoms with Crippen LogP contribution in [0.3, 0.4) is 0 Å². The van der Waals surface area contributed by atoms with E-state index in [0.717, 1.165) is 12.5 Å². The van der Waals surface area contributed by atoms with E-state index in [4.69, 9.17) is 9.84 Å². The van der Waals surface area contributed by atoms with Crippen LogP contribution >= 0.6 is 0 Å². The zero-order chi connectivity index (χ0) is 17.3. The molecular weight excluding hydrogens is 293 g/mol. The lowest BCUT2D eigenvalue weighted by Gasteiger charge is -2.20. The number of allylic oxidation sites excluding steroid dienone is 4. The van der Waals surface area contributed by atoms with Crippen molar-refractivity contribution in [1.82, 2.24) is 0 Å². The zero-order valence-corrected chi connectivity index (χ0v) is 14.0. The summed E-state index contributed by atoms with van der Waals surface area (Å²) in [5.41, 5.74) is -0.698. The Kier molecular flexibility index (Phi) is 9.18. The number of hydrogen-bond donors (Lipinski definition) is 1. The number of alkyl halides is 3. The van der Waals surface area contributed by atoms with Crippen LogP contribution in [-0.4, -0.2) is 24.5 Å². The van der Waals surface area contributed by atoms with Gasteiger partial charge in [-0.25, -0.2) is 0 Å². The molecule has 0 fully saturated rings. The van der Waals surface area contributed by atoms with E-state index < -0.39 is 17.7 Å². The molecule has 0 aromatic rings. The summed E-state index contributed by atoms with van der Waals surface area (Å²) in [6.07, 6.45) is 0.198. The van der Waals surface area contributed by atoms with Gasteiger partial charge in [-0.1, -0.05) is 26.8 Å². The van der Waals surface area contributed by atoms with Crippen LogP contribution in [0.25, 0.3) is 0 Å². The highest BCUT2D eigenvalue weighted by atomic mass is 19.4. The van der Waals surface area contributed by atoms with Gasteiger partial charge in [0.2, 0.25) is 0 Å². The first-order valence-corrected chi connectivity index (χ1v) is 7.52. The Labute approximate surface area is 131 Å². The molecule has 1 unspecified atom stereocenters. The molecular formula is C17H27F3O2. The summed E-state index contributed by atoms with van der Waals surface area (Å²) < 4.78 is 45.4. The Hall–Kier alpha value is -1.23. The van der Waals surface area contributed by atoms with Gasteiger partial charge in [-0.15, -0.1) is 0 Å². The number of aliphatic hydroxyl groups is 1. The van der Waals surface area contributed by atoms with Crippen molar-refractivity contribution in [3.8, 4) is 0 Å². The largest absolute Gasteiger partial charge is 0.494 e. The van der Waals surface area contributed by atoms with Gasteiger partial charge in [0.05, 0.1) is 12.2 Å². The maximum absolute atomic E-state index is 13.3. The minimum absolute atomic E-state index is 0.0711. The summed E-state index contributed by atoms with van der Waals surface area (Å²) >= 11 is 0. The Morgan fingerprint density at radius 1 is 1.14 bits per heavy atom. The Balaban J connectivity index is 5.41. The van der Waals surface area contributed by atoms with Crippen LogP contribution in [0.5, 0.6) is 0 Å².